The summed E-state index contributed by atoms with van der Waals surface area (Å²) >= 11 is 0. The van der Waals surface area contributed by atoms with E-state index in [1.165, 1.54) is 17.0 Å². The summed E-state index contributed by atoms with van der Waals surface area (Å²) in [5.74, 6) is -7.38. The molecule has 4 atom stereocenters. The van der Waals surface area contributed by atoms with Gasteiger partial charge in [0.1, 0.15) is 22.8 Å². The van der Waals surface area contributed by atoms with Crippen molar-refractivity contribution in [3.05, 3.63) is 45.7 Å². The predicted molar refractivity (Wildman–Crippen MR) is 143 cm³/mol. The number of rotatable bonds is 5. The van der Waals surface area contributed by atoms with Crippen LogP contribution < -0.4 is 5.73 Å². The molecule has 6 N–H and O–H groups in total. The van der Waals surface area contributed by atoms with Gasteiger partial charge in [0.05, 0.1) is 18.2 Å². The average molecular weight is 555 g/mol. The number of fused-ring (bicyclic) bond motifs is 3. The summed E-state index contributed by atoms with van der Waals surface area (Å²) < 4.78 is 0. The van der Waals surface area contributed by atoms with E-state index in [0.717, 1.165) is 26.2 Å². The highest BCUT2D eigenvalue weighted by atomic mass is 16.3. The second-order valence-corrected chi connectivity index (χ2v) is 11.4. The molecule has 0 radical (unpaired) electrons. The Morgan fingerprint density at radius 2 is 1.75 bits per heavy atom. The molecule has 1 heterocycles. The Kier molecular flexibility index (Phi) is 6.86. The fourth-order valence-corrected chi connectivity index (χ4v) is 6.80. The van der Waals surface area contributed by atoms with Gasteiger partial charge in [0.2, 0.25) is 5.78 Å². The molecule has 2 fully saturated rings. The van der Waals surface area contributed by atoms with Gasteiger partial charge in [0.15, 0.2) is 17.2 Å². The lowest BCUT2D eigenvalue weighted by Crippen LogP contribution is -2.65. The Morgan fingerprint density at radius 1 is 1.10 bits per heavy atom. The van der Waals surface area contributed by atoms with Crippen LogP contribution in [0.1, 0.15) is 27.9 Å². The van der Waals surface area contributed by atoms with Gasteiger partial charge in [-0.05, 0) is 57.6 Å². The number of phenolic OH excluding ortho intramolecular Hbond substituents is 1. The second-order valence-electron chi connectivity index (χ2n) is 11.4. The Bertz CT molecular complexity index is 1390. The number of Topliss-reactive ketones (excluding diaryl/α,β-unsaturated/α-hetero) is 3. The van der Waals surface area contributed by atoms with Crippen molar-refractivity contribution in [2.24, 2.45) is 17.6 Å². The SMILES string of the molecule is CN1CCN(CC(=O)c2ccc(O)c3c2C[C@@H]2C[C@@H]4[C@H](N(C)C)C(=O)C(C(N)=O)=C(O)[C@@]4(O)C(=O)C2=C3O)CC1. The lowest BCUT2D eigenvalue weighted by Gasteiger charge is -2.50. The molecule has 0 aromatic heterocycles. The summed E-state index contributed by atoms with van der Waals surface area (Å²) in [6, 6.07) is 1.62. The zero-order chi connectivity index (χ0) is 29.3. The highest BCUT2D eigenvalue weighted by Gasteiger charge is 2.64. The quantitative estimate of drug-likeness (QED) is 0.231. The van der Waals surface area contributed by atoms with E-state index in [1.54, 1.807) is 14.1 Å². The number of carbonyl (C=O) groups is 4. The second kappa shape index (κ2) is 9.81. The van der Waals surface area contributed by atoms with Crippen molar-refractivity contribution in [1.29, 1.82) is 0 Å². The summed E-state index contributed by atoms with van der Waals surface area (Å²) in [6.45, 7) is 3.25. The molecule has 1 saturated heterocycles. The number of amides is 1. The fourth-order valence-electron chi connectivity index (χ4n) is 6.80. The molecule has 40 heavy (non-hydrogen) atoms. The van der Waals surface area contributed by atoms with Gasteiger partial charge in [-0.1, -0.05) is 0 Å². The Morgan fingerprint density at radius 3 is 2.35 bits per heavy atom. The number of benzene rings is 1. The number of aromatic hydroxyl groups is 1. The molecule has 1 amide bonds. The van der Waals surface area contributed by atoms with Crippen molar-refractivity contribution in [2.75, 3.05) is 53.9 Å². The first-order valence-corrected chi connectivity index (χ1v) is 13.2. The number of likely N-dealkylation sites (N-methyl/N-ethyl adjacent to an activating group) is 2. The Hall–Kier alpha value is -3.58. The summed E-state index contributed by atoms with van der Waals surface area (Å²) in [5.41, 5.74) is 2.15. The van der Waals surface area contributed by atoms with Gasteiger partial charge in [-0.15, -0.1) is 0 Å². The van der Waals surface area contributed by atoms with Gasteiger partial charge in [-0.3, -0.25) is 29.0 Å². The van der Waals surface area contributed by atoms with Crippen LogP contribution >= 0.6 is 0 Å². The van der Waals surface area contributed by atoms with Gasteiger partial charge in [-0.2, -0.15) is 0 Å². The predicted octanol–water partition coefficient (Wildman–Crippen LogP) is -0.606. The van der Waals surface area contributed by atoms with Gasteiger partial charge in [-0.25, -0.2) is 0 Å². The molecule has 0 bridgehead atoms. The summed E-state index contributed by atoms with van der Waals surface area (Å²) in [4.78, 5) is 58.3. The van der Waals surface area contributed by atoms with Crippen LogP contribution in [0.15, 0.2) is 29.0 Å². The number of nitrogens with zero attached hydrogens (tertiary/aromatic N) is 3. The molecule has 3 aliphatic carbocycles. The molecule has 1 aromatic rings. The number of ketones is 3. The van der Waals surface area contributed by atoms with E-state index in [1.807, 2.05) is 11.9 Å². The zero-order valence-corrected chi connectivity index (χ0v) is 22.7. The number of aliphatic hydroxyl groups excluding tert-OH is 2. The molecule has 4 aliphatic rings. The monoisotopic (exact) mass is 554 g/mol. The highest BCUT2D eigenvalue weighted by Crippen LogP contribution is 2.53. The average Bonchev–Trinajstić information content (AvgIpc) is 2.87. The van der Waals surface area contributed by atoms with Crippen molar-refractivity contribution in [2.45, 2.75) is 24.5 Å². The molecular formula is C28H34N4O8. The van der Waals surface area contributed by atoms with Crippen molar-refractivity contribution in [3.63, 3.8) is 0 Å². The van der Waals surface area contributed by atoms with Crippen molar-refractivity contribution < 1.29 is 39.6 Å². The lowest BCUT2D eigenvalue weighted by atomic mass is 9.57. The first kappa shape index (κ1) is 28.0. The normalized spacial score (nSPS) is 29.4. The number of nitrogens with two attached hydrogens (primary N) is 1. The smallest absolute Gasteiger partial charge is 0.255 e. The molecule has 214 valence electrons. The maximum absolute atomic E-state index is 13.9. The number of hydrogen-bond acceptors (Lipinski definition) is 11. The van der Waals surface area contributed by atoms with E-state index in [9.17, 15) is 39.6 Å². The molecule has 12 heteroatoms. The van der Waals surface area contributed by atoms with Crippen LogP contribution in [0.2, 0.25) is 0 Å². The molecule has 1 aromatic carbocycles. The third-order valence-corrected chi connectivity index (χ3v) is 8.87. The molecule has 0 spiro atoms. The van der Waals surface area contributed by atoms with E-state index in [-0.39, 0.29) is 42.1 Å². The highest BCUT2D eigenvalue weighted by molar-refractivity contribution is 6.24. The number of piperazine rings is 1. The van der Waals surface area contributed by atoms with Crippen LogP contribution in [0.3, 0.4) is 0 Å². The third kappa shape index (κ3) is 4.05. The van der Waals surface area contributed by atoms with E-state index in [4.69, 9.17) is 5.73 Å². The molecule has 1 saturated carbocycles. The standard InChI is InChI=1S/C28H34N4O8/c1-30(2)22-16-11-13-10-15-14(18(34)12-32-8-6-31(3)7-9-32)4-5-17(33)20(15)23(35)19(13)25(37)28(16,40)26(38)21(24(22)36)27(29)39/h4-5,13,16,22,33,35,38,40H,6-12H2,1-3H3,(H2,29,39)/t13-,16-,22+,28+/m1/s1. The largest absolute Gasteiger partial charge is 0.508 e. The van der Waals surface area contributed by atoms with Crippen LogP contribution in [0.4, 0.5) is 0 Å². The summed E-state index contributed by atoms with van der Waals surface area (Å²) in [7, 11) is 5.10. The lowest BCUT2D eigenvalue weighted by molar-refractivity contribution is -0.153. The van der Waals surface area contributed by atoms with Crippen molar-refractivity contribution >= 4 is 29.0 Å². The molecule has 5 rings (SSSR count). The van der Waals surface area contributed by atoms with Crippen LogP contribution in [0.5, 0.6) is 5.75 Å². The van der Waals surface area contributed by atoms with E-state index in [2.05, 4.69) is 4.90 Å². The van der Waals surface area contributed by atoms with Gasteiger partial charge < -0.3 is 31.1 Å². The molecule has 12 nitrogen and oxygen atoms in total. The van der Waals surface area contributed by atoms with Gasteiger partial charge >= 0.3 is 0 Å². The Labute approximate surface area is 231 Å². The minimum absolute atomic E-state index is 0.0342. The van der Waals surface area contributed by atoms with E-state index in [0.29, 0.717) is 11.1 Å². The summed E-state index contributed by atoms with van der Waals surface area (Å²) in [5, 5.41) is 44.7. The fraction of sp³-hybridized carbons (Fsp3) is 0.500. The van der Waals surface area contributed by atoms with E-state index >= 15 is 0 Å². The van der Waals surface area contributed by atoms with Crippen LogP contribution in [0, 0.1) is 11.8 Å². The topological polar surface area (TPSA) is 185 Å². The number of hydrogen-bond donors (Lipinski definition) is 5. The number of aliphatic hydroxyl groups is 3. The van der Waals surface area contributed by atoms with Crippen LogP contribution in [-0.4, -0.2) is 124 Å². The van der Waals surface area contributed by atoms with Crippen LogP contribution in [-0.2, 0) is 20.8 Å². The Balaban J connectivity index is 1.60. The number of carbonyl (C=O) groups excluding carboxylic acids is 4. The maximum Gasteiger partial charge on any atom is 0.255 e. The zero-order valence-electron chi connectivity index (χ0n) is 22.7. The first-order chi connectivity index (χ1) is 18.8. The summed E-state index contributed by atoms with van der Waals surface area (Å²) in [6.07, 6.45) is 0.0419. The molecule has 1 aliphatic heterocycles. The van der Waals surface area contributed by atoms with E-state index < -0.39 is 58.0 Å². The number of primary amides is 1. The van der Waals surface area contributed by atoms with Crippen molar-refractivity contribution in [1.82, 2.24) is 14.7 Å². The molecule has 0 unspecified atom stereocenters. The molecular weight excluding hydrogens is 520 g/mol. The van der Waals surface area contributed by atoms with Crippen LogP contribution in [0.25, 0.3) is 5.76 Å². The maximum atomic E-state index is 13.9. The van der Waals surface area contributed by atoms with Gasteiger partial charge in [0.25, 0.3) is 5.91 Å². The minimum Gasteiger partial charge on any atom is -0.508 e. The first-order valence-electron chi connectivity index (χ1n) is 13.2. The third-order valence-electron chi connectivity index (χ3n) is 8.87. The van der Waals surface area contributed by atoms with Gasteiger partial charge in [0, 0.05) is 43.2 Å². The minimum atomic E-state index is -2.70. The number of phenols is 1. The van der Waals surface area contributed by atoms with Crippen molar-refractivity contribution in [3.8, 4) is 5.75 Å².